The van der Waals surface area contributed by atoms with Gasteiger partial charge in [-0.2, -0.15) is 0 Å². The molecule has 98 valence electrons. The molecule has 0 bridgehead atoms. The Morgan fingerprint density at radius 2 is 2.06 bits per heavy atom. The number of carbonyl (C=O) groups is 1. The Morgan fingerprint density at radius 1 is 1.33 bits per heavy atom. The van der Waals surface area contributed by atoms with Gasteiger partial charge >= 0.3 is 5.97 Å². The van der Waals surface area contributed by atoms with Crippen LogP contribution in [0.5, 0.6) is 0 Å². The molecule has 0 aliphatic carbocycles. The van der Waals surface area contributed by atoms with Crippen LogP contribution in [0, 0.1) is 0 Å². The van der Waals surface area contributed by atoms with Crippen molar-refractivity contribution in [3.63, 3.8) is 0 Å². The highest BCUT2D eigenvalue weighted by molar-refractivity contribution is 7.77. The number of esters is 1. The van der Waals surface area contributed by atoms with Crippen LogP contribution in [0.4, 0.5) is 0 Å². The maximum Gasteiger partial charge on any atom is 0.323 e. The maximum absolute atomic E-state index is 11.4. The van der Waals surface area contributed by atoms with Gasteiger partial charge < -0.3 is 10.5 Å². The normalized spacial score (nSPS) is 24.1. The van der Waals surface area contributed by atoms with Gasteiger partial charge in [-0.1, -0.05) is 43.1 Å². The fourth-order valence-corrected chi connectivity index (χ4v) is 2.36. The summed E-state index contributed by atoms with van der Waals surface area (Å²) in [6, 6.07) is 9.62. The van der Waals surface area contributed by atoms with Crippen molar-refractivity contribution >= 4 is 18.8 Å². The third-order valence-corrected chi connectivity index (χ3v) is 3.31. The summed E-state index contributed by atoms with van der Waals surface area (Å²) in [6.07, 6.45) is 1.40. The van der Waals surface area contributed by atoms with Gasteiger partial charge in [0, 0.05) is 13.1 Å². The van der Waals surface area contributed by atoms with E-state index in [0.29, 0.717) is 13.0 Å². The Balaban J connectivity index is 1.81. The summed E-state index contributed by atoms with van der Waals surface area (Å²) < 4.78 is 7.12. The van der Waals surface area contributed by atoms with E-state index in [1.54, 1.807) is 0 Å². The molecule has 1 heterocycles. The second-order valence-electron chi connectivity index (χ2n) is 4.58. The Kier molecular flexibility index (Phi) is 4.63. The SMILES string of the molecule is NC1CCC(CN(S)Cc2ccccc2)OC1=O. The van der Waals surface area contributed by atoms with Gasteiger partial charge in [-0.15, -0.1) is 0 Å². The number of nitrogens with zero attached hydrogens (tertiary/aromatic N) is 1. The highest BCUT2D eigenvalue weighted by Gasteiger charge is 2.27. The van der Waals surface area contributed by atoms with Crippen LogP contribution in [0.3, 0.4) is 0 Å². The molecule has 0 saturated carbocycles. The minimum atomic E-state index is -0.455. The number of nitrogens with two attached hydrogens (primary N) is 1. The minimum Gasteiger partial charge on any atom is -0.460 e. The van der Waals surface area contributed by atoms with E-state index < -0.39 is 6.04 Å². The molecule has 2 unspecified atom stereocenters. The van der Waals surface area contributed by atoms with Crippen LogP contribution in [0.25, 0.3) is 0 Å². The maximum atomic E-state index is 11.4. The van der Waals surface area contributed by atoms with Gasteiger partial charge in [-0.05, 0) is 18.4 Å². The van der Waals surface area contributed by atoms with Crippen LogP contribution < -0.4 is 5.73 Å². The van der Waals surface area contributed by atoms with Crippen molar-refractivity contribution < 1.29 is 9.53 Å². The summed E-state index contributed by atoms with van der Waals surface area (Å²) in [6.45, 7) is 1.35. The second kappa shape index (κ2) is 6.22. The minimum absolute atomic E-state index is 0.0986. The Labute approximate surface area is 113 Å². The molecule has 4 nitrogen and oxygen atoms in total. The lowest BCUT2D eigenvalue weighted by molar-refractivity contribution is -0.156. The number of carbonyl (C=O) groups excluding carboxylic acids is 1. The van der Waals surface area contributed by atoms with Crippen LogP contribution >= 0.6 is 12.8 Å². The first-order valence-electron chi connectivity index (χ1n) is 6.09. The highest BCUT2D eigenvalue weighted by Crippen LogP contribution is 2.16. The van der Waals surface area contributed by atoms with E-state index in [9.17, 15) is 4.79 Å². The zero-order valence-corrected chi connectivity index (χ0v) is 11.1. The predicted molar refractivity (Wildman–Crippen MR) is 72.9 cm³/mol. The first kappa shape index (κ1) is 13.4. The molecular formula is C13H18N2O2S. The van der Waals surface area contributed by atoms with Crippen LogP contribution in [0.2, 0.25) is 0 Å². The topological polar surface area (TPSA) is 55.6 Å². The lowest BCUT2D eigenvalue weighted by Crippen LogP contribution is -2.43. The summed E-state index contributed by atoms with van der Waals surface area (Å²) in [5.41, 5.74) is 6.77. The van der Waals surface area contributed by atoms with Crippen molar-refractivity contribution in [1.29, 1.82) is 0 Å². The predicted octanol–water partition coefficient (Wildman–Crippen LogP) is 1.37. The van der Waals surface area contributed by atoms with Gasteiger partial charge in [0.2, 0.25) is 0 Å². The zero-order chi connectivity index (χ0) is 13.0. The van der Waals surface area contributed by atoms with E-state index in [4.69, 9.17) is 10.5 Å². The number of thiol groups is 1. The lowest BCUT2D eigenvalue weighted by Gasteiger charge is -2.28. The van der Waals surface area contributed by atoms with Crippen molar-refractivity contribution in [1.82, 2.24) is 4.31 Å². The Hall–Kier alpha value is -1.04. The molecule has 2 rings (SSSR count). The van der Waals surface area contributed by atoms with Gasteiger partial charge in [0.25, 0.3) is 0 Å². The molecule has 18 heavy (non-hydrogen) atoms. The fraction of sp³-hybridized carbons (Fsp3) is 0.462. The summed E-state index contributed by atoms with van der Waals surface area (Å²) in [7, 11) is 0. The van der Waals surface area contributed by atoms with Crippen molar-refractivity contribution in [2.24, 2.45) is 5.73 Å². The number of benzene rings is 1. The van der Waals surface area contributed by atoms with Gasteiger partial charge in [-0.25, -0.2) is 4.31 Å². The van der Waals surface area contributed by atoms with Crippen LogP contribution in [-0.2, 0) is 16.1 Å². The van der Waals surface area contributed by atoms with Crippen molar-refractivity contribution in [3.05, 3.63) is 35.9 Å². The molecule has 2 atom stereocenters. The zero-order valence-electron chi connectivity index (χ0n) is 10.2. The van der Waals surface area contributed by atoms with Crippen LogP contribution in [0.1, 0.15) is 18.4 Å². The van der Waals surface area contributed by atoms with E-state index in [0.717, 1.165) is 13.0 Å². The highest BCUT2D eigenvalue weighted by atomic mass is 32.1. The largest absolute Gasteiger partial charge is 0.460 e. The molecule has 1 saturated heterocycles. The fourth-order valence-electron chi connectivity index (χ4n) is 2.02. The van der Waals surface area contributed by atoms with Gasteiger partial charge in [0.05, 0.1) is 0 Å². The lowest BCUT2D eigenvalue weighted by atomic mass is 10.1. The first-order chi connectivity index (χ1) is 8.65. The molecule has 5 heteroatoms. The molecule has 1 aliphatic rings. The monoisotopic (exact) mass is 266 g/mol. The number of ether oxygens (including phenoxy) is 1. The molecule has 0 aromatic heterocycles. The molecule has 0 spiro atoms. The second-order valence-corrected chi connectivity index (χ2v) is 5.14. The quantitative estimate of drug-likeness (QED) is 0.638. The molecule has 1 fully saturated rings. The molecule has 0 amide bonds. The molecule has 1 aromatic rings. The van der Waals surface area contributed by atoms with E-state index >= 15 is 0 Å². The Bertz CT molecular complexity index is 399. The number of rotatable bonds is 4. The summed E-state index contributed by atoms with van der Waals surface area (Å²) in [4.78, 5) is 11.4. The summed E-state index contributed by atoms with van der Waals surface area (Å²) in [5, 5.41) is 0. The number of cyclic esters (lactones) is 1. The van der Waals surface area contributed by atoms with Gasteiger partial charge in [-0.3, -0.25) is 4.79 Å². The van der Waals surface area contributed by atoms with Crippen LogP contribution in [0.15, 0.2) is 30.3 Å². The van der Waals surface area contributed by atoms with E-state index in [1.165, 1.54) is 5.56 Å². The molecule has 0 radical (unpaired) electrons. The van der Waals surface area contributed by atoms with Crippen molar-refractivity contribution in [2.75, 3.05) is 6.54 Å². The van der Waals surface area contributed by atoms with E-state index in [-0.39, 0.29) is 12.1 Å². The third-order valence-electron chi connectivity index (χ3n) is 3.01. The van der Waals surface area contributed by atoms with Crippen molar-refractivity contribution in [2.45, 2.75) is 31.5 Å². The smallest absolute Gasteiger partial charge is 0.323 e. The first-order valence-corrected chi connectivity index (χ1v) is 6.49. The molecule has 1 aliphatic heterocycles. The standard InChI is InChI=1S/C13H18N2O2S/c14-12-7-6-11(17-13(12)16)9-15(18)8-10-4-2-1-3-5-10/h1-5,11-12,18H,6-9,14H2. The third kappa shape index (κ3) is 3.73. The Morgan fingerprint density at radius 3 is 2.72 bits per heavy atom. The number of hydrogen-bond acceptors (Lipinski definition) is 5. The molecular weight excluding hydrogens is 248 g/mol. The van der Waals surface area contributed by atoms with Gasteiger partial charge in [0.1, 0.15) is 12.1 Å². The summed E-state index contributed by atoms with van der Waals surface area (Å²) >= 11 is 4.41. The summed E-state index contributed by atoms with van der Waals surface area (Å²) in [5.74, 6) is -0.298. The van der Waals surface area contributed by atoms with Gasteiger partial charge in [0.15, 0.2) is 0 Å². The van der Waals surface area contributed by atoms with Crippen molar-refractivity contribution in [3.8, 4) is 0 Å². The average molecular weight is 266 g/mol. The molecule has 2 N–H and O–H groups in total. The van der Waals surface area contributed by atoms with Crippen LogP contribution in [-0.4, -0.2) is 29.0 Å². The average Bonchev–Trinajstić information content (AvgIpc) is 2.35. The molecule has 1 aromatic carbocycles. The number of hydrogen-bond donors (Lipinski definition) is 2. The van der Waals surface area contributed by atoms with E-state index in [2.05, 4.69) is 12.8 Å². The van der Waals surface area contributed by atoms with E-state index in [1.807, 2.05) is 34.6 Å².